The Morgan fingerprint density at radius 1 is 1.42 bits per heavy atom. The average molecular weight is 276 g/mol. The van der Waals surface area contributed by atoms with Gasteiger partial charge in [-0.15, -0.1) is 0 Å². The molecule has 0 fully saturated rings. The van der Waals surface area contributed by atoms with E-state index in [4.69, 9.17) is 17.3 Å². The van der Waals surface area contributed by atoms with E-state index in [1.54, 1.807) is 17.1 Å². The third-order valence-corrected chi connectivity index (χ3v) is 3.09. The van der Waals surface area contributed by atoms with Gasteiger partial charge in [-0.3, -0.25) is 0 Å². The van der Waals surface area contributed by atoms with Crippen LogP contribution in [0.5, 0.6) is 0 Å². The molecule has 19 heavy (non-hydrogen) atoms. The van der Waals surface area contributed by atoms with E-state index in [9.17, 15) is 0 Å². The van der Waals surface area contributed by atoms with Gasteiger partial charge in [0.15, 0.2) is 5.82 Å². The zero-order valence-electron chi connectivity index (χ0n) is 10.5. The minimum absolute atomic E-state index is 0.0462. The lowest BCUT2D eigenvalue weighted by atomic mass is 10.2. The fraction of sp³-hybridized carbons (Fsp3) is 0.231. The Morgan fingerprint density at radius 2 is 2.26 bits per heavy atom. The maximum Gasteiger partial charge on any atom is 0.175 e. The lowest BCUT2D eigenvalue weighted by Gasteiger charge is -2.07. The van der Waals surface area contributed by atoms with E-state index in [-0.39, 0.29) is 6.04 Å². The van der Waals surface area contributed by atoms with E-state index in [1.165, 1.54) is 0 Å². The molecule has 5 nitrogen and oxygen atoms in total. The topological polar surface area (TPSA) is 61.1 Å². The molecule has 0 aliphatic rings. The summed E-state index contributed by atoms with van der Waals surface area (Å²) in [5.41, 5.74) is 7.84. The van der Waals surface area contributed by atoms with Crippen molar-refractivity contribution in [2.75, 3.05) is 0 Å². The summed E-state index contributed by atoms with van der Waals surface area (Å²) in [5, 5.41) is 4.80. The Labute approximate surface area is 115 Å². The Kier molecular flexibility index (Phi) is 3.00. The summed E-state index contributed by atoms with van der Waals surface area (Å²) in [4.78, 5) is 4.60. The normalized spacial score (nSPS) is 13.0. The fourth-order valence-electron chi connectivity index (χ4n) is 2.13. The number of pyridine rings is 1. The van der Waals surface area contributed by atoms with Gasteiger partial charge >= 0.3 is 0 Å². The van der Waals surface area contributed by atoms with Crippen LogP contribution < -0.4 is 5.73 Å². The van der Waals surface area contributed by atoms with Crippen molar-refractivity contribution in [2.45, 2.75) is 19.4 Å². The van der Waals surface area contributed by atoms with Gasteiger partial charge in [-0.05, 0) is 19.1 Å². The summed E-state index contributed by atoms with van der Waals surface area (Å²) >= 11 is 5.92. The van der Waals surface area contributed by atoms with Crippen molar-refractivity contribution >= 4 is 17.2 Å². The van der Waals surface area contributed by atoms with Crippen molar-refractivity contribution in [3.05, 3.63) is 47.5 Å². The Balaban J connectivity index is 2.22. The SMILES string of the molecule is CC(N)Cc1c(-n2cc(Cl)cn2)nc2ccccn12. The molecule has 3 heterocycles. The van der Waals surface area contributed by atoms with Gasteiger partial charge < -0.3 is 10.1 Å². The highest BCUT2D eigenvalue weighted by Crippen LogP contribution is 2.19. The van der Waals surface area contributed by atoms with Crippen LogP contribution >= 0.6 is 11.6 Å². The van der Waals surface area contributed by atoms with Gasteiger partial charge in [0.05, 0.1) is 23.1 Å². The standard InChI is InChI=1S/C13H14ClN5/c1-9(15)6-11-13(19-8-10(14)7-16-19)17-12-4-2-3-5-18(11)12/h2-5,7-9H,6,15H2,1H3. The third kappa shape index (κ3) is 2.22. The molecule has 6 heteroatoms. The van der Waals surface area contributed by atoms with Gasteiger partial charge in [-0.25, -0.2) is 9.67 Å². The van der Waals surface area contributed by atoms with Crippen LogP contribution in [0.25, 0.3) is 11.5 Å². The molecule has 0 aromatic carbocycles. The second kappa shape index (κ2) is 4.68. The molecule has 0 saturated carbocycles. The zero-order chi connectivity index (χ0) is 13.4. The highest BCUT2D eigenvalue weighted by molar-refractivity contribution is 6.30. The highest BCUT2D eigenvalue weighted by atomic mass is 35.5. The largest absolute Gasteiger partial charge is 0.328 e. The van der Waals surface area contributed by atoms with E-state index in [2.05, 4.69) is 10.1 Å². The molecule has 1 atom stereocenters. The van der Waals surface area contributed by atoms with Crippen molar-refractivity contribution in [3.63, 3.8) is 0 Å². The first-order valence-corrected chi connectivity index (χ1v) is 6.45. The minimum Gasteiger partial charge on any atom is -0.328 e. The predicted octanol–water partition coefficient (Wildman–Crippen LogP) is 2.06. The Hall–Kier alpha value is -1.85. The number of fused-ring (bicyclic) bond motifs is 1. The molecule has 0 aliphatic carbocycles. The first kappa shape index (κ1) is 12.2. The molecule has 1 unspecified atom stereocenters. The second-order valence-electron chi connectivity index (χ2n) is 4.60. The molecule has 0 aliphatic heterocycles. The molecular formula is C13H14ClN5. The number of hydrogen-bond donors (Lipinski definition) is 1. The maximum atomic E-state index is 5.93. The smallest absolute Gasteiger partial charge is 0.175 e. The van der Waals surface area contributed by atoms with Crippen molar-refractivity contribution in [3.8, 4) is 5.82 Å². The number of aromatic nitrogens is 4. The van der Waals surface area contributed by atoms with Crippen molar-refractivity contribution in [1.29, 1.82) is 0 Å². The summed E-state index contributed by atoms with van der Waals surface area (Å²) in [6.07, 6.45) is 6.04. The molecule has 3 aromatic heterocycles. The van der Waals surface area contributed by atoms with Crippen LogP contribution in [0, 0.1) is 0 Å². The van der Waals surface area contributed by atoms with Crippen LogP contribution in [0.4, 0.5) is 0 Å². The molecule has 98 valence electrons. The monoisotopic (exact) mass is 275 g/mol. The van der Waals surface area contributed by atoms with Gasteiger partial charge in [-0.1, -0.05) is 17.7 Å². The predicted molar refractivity (Wildman–Crippen MR) is 74.7 cm³/mol. The van der Waals surface area contributed by atoms with Crippen LogP contribution in [0.1, 0.15) is 12.6 Å². The number of imidazole rings is 1. The van der Waals surface area contributed by atoms with Gasteiger partial charge in [0.25, 0.3) is 0 Å². The number of nitrogens with two attached hydrogens (primary N) is 1. The number of hydrogen-bond acceptors (Lipinski definition) is 3. The van der Waals surface area contributed by atoms with Crippen molar-refractivity contribution < 1.29 is 0 Å². The van der Waals surface area contributed by atoms with Crippen LogP contribution in [-0.2, 0) is 6.42 Å². The van der Waals surface area contributed by atoms with Gasteiger partial charge in [0.2, 0.25) is 0 Å². The maximum absolute atomic E-state index is 5.93. The summed E-state index contributed by atoms with van der Waals surface area (Å²) in [6.45, 7) is 1.97. The van der Waals surface area contributed by atoms with E-state index < -0.39 is 0 Å². The van der Waals surface area contributed by atoms with E-state index in [0.717, 1.165) is 23.6 Å². The van der Waals surface area contributed by atoms with Crippen LogP contribution in [0.15, 0.2) is 36.8 Å². The molecule has 0 spiro atoms. The summed E-state index contributed by atoms with van der Waals surface area (Å²) in [5.74, 6) is 0.774. The first-order valence-electron chi connectivity index (χ1n) is 6.07. The Bertz CT molecular complexity index is 713. The molecule has 3 aromatic rings. The van der Waals surface area contributed by atoms with Gasteiger partial charge in [0, 0.05) is 18.7 Å². The summed E-state index contributed by atoms with van der Waals surface area (Å²) < 4.78 is 3.72. The van der Waals surface area contributed by atoms with Gasteiger partial charge in [0.1, 0.15) is 5.65 Å². The molecule has 2 N–H and O–H groups in total. The summed E-state index contributed by atoms with van der Waals surface area (Å²) in [6, 6.07) is 5.93. The molecule has 0 amide bonds. The molecule has 0 saturated heterocycles. The lowest BCUT2D eigenvalue weighted by molar-refractivity contribution is 0.705. The average Bonchev–Trinajstić information content (AvgIpc) is 2.94. The first-order chi connectivity index (χ1) is 9.15. The fourth-order valence-corrected chi connectivity index (χ4v) is 2.27. The van der Waals surface area contributed by atoms with E-state index in [0.29, 0.717) is 5.02 Å². The second-order valence-corrected chi connectivity index (χ2v) is 5.03. The quantitative estimate of drug-likeness (QED) is 0.796. The lowest BCUT2D eigenvalue weighted by Crippen LogP contribution is -2.20. The van der Waals surface area contributed by atoms with Gasteiger partial charge in [-0.2, -0.15) is 5.10 Å². The van der Waals surface area contributed by atoms with Crippen LogP contribution in [0.2, 0.25) is 5.02 Å². The molecule has 0 bridgehead atoms. The summed E-state index contributed by atoms with van der Waals surface area (Å²) in [7, 11) is 0. The Morgan fingerprint density at radius 3 is 2.95 bits per heavy atom. The molecule has 3 rings (SSSR count). The highest BCUT2D eigenvalue weighted by Gasteiger charge is 2.15. The molecule has 0 radical (unpaired) electrons. The zero-order valence-corrected chi connectivity index (χ0v) is 11.2. The number of rotatable bonds is 3. The number of nitrogens with zero attached hydrogens (tertiary/aromatic N) is 4. The van der Waals surface area contributed by atoms with Crippen molar-refractivity contribution in [2.24, 2.45) is 5.73 Å². The van der Waals surface area contributed by atoms with Crippen LogP contribution in [0.3, 0.4) is 0 Å². The van der Waals surface area contributed by atoms with E-state index in [1.807, 2.05) is 35.7 Å². The van der Waals surface area contributed by atoms with Crippen molar-refractivity contribution in [1.82, 2.24) is 19.2 Å². The third-order valence-electron chi connectivity index (χ3n) is 2.89. The minimum atomic E-state index is 0.0462. The number of halogens is 1. The molecular weight excluding hydrogens is 262 g/mol. The van der Waals surface area contributed by atoms with E-state index >= 15 is 0 Å². The van der Waals surface area contributed by atoms with Crippen LogP contribution in [-0.4, -0.2) is 25.2 Å².